The van der Waals surface area contributed by atoms with Crippen LogP contribution < -0.4 is 4.74 Å². The zero-order valence-electron chi connectivity index (χ0n) is 9.46. The summed E-state index contributed by atoms with van der Waals surface area (Å²) in [6, 6.07) is 5.74. The van der Waals surface area contributed by atoms with Gasteiger partial charge in [0, 0.05) is 7.11 Å². The Labute approximate surface area is 100 Å². The summed E-state index contributed by atoms with van der Waals surface area (Å²) in [5.41, 5.74) is 0.712. The van der Waals surface area contributed by atoms with Crippen LogP contribution in [0.3, 0.4) is 0 Å². The molecule has 1 heterocycles. The van der Waals surface area contributed by atoms with Crippen LogP contribution in [0.2, 0.25) is 5.02 Å². The van der Waals surface area contributed by atoms with Crippen LogP contribution in [0.1, 0.15) is 12.5 Å². The molecule has 0 radical (unpaired) electrons. The minimum atomic E-state index is -0.325. The Morgan fingerprint density at radius 1 is 1.44 bits per heavy atom. The molecule has 16 heavy (non-hydrogen) atoms. The van der Waals surface area contributed by atoms with Gasteiger partial charge in [-0.25, -0.2) is 0 Å². The summed E-state index contributed by atoms with van der Waals surface area (Å²) in [5, 5.41) is 0.614. The predicted octanol–water partition coefficient (Wildman–Crippen LogP) is 2.61. The maximum atomic E-state index is 6.13. The summed E-state index contributed by atoms with van der Waals surface area (Å²) in [5.74, 6) is 0.708. The number of benzene rings is 1. The minimum absolute atomic E-state index is 0.325. The van der Waals surface area contributed by atoms with Crippen molar-refractivity contribution < 1.29 is 14.2 Å². The van der Waals surface area contributed by atoms with E-state index in [0.29, 0.717) is 30.6 Å². The van der Waals surface area contributed by atoms with Gasteiger partial charge in [-0.15, -0.1) is 0 Å². The zero-order valence-corrected chi connectivity index (χ0v) is 10.2. The lowest BCUT2D eigenvalue weighted by molar-refractivity contribution is -0.202. The summed E-state index contributed by atoms with van der Waals surface area (Å²) < 4.78 is 16.1. The molecule has 0 bridgehead atoms. The Morgan fingerprint density at radius 2 is 2.19 bits per heavy atom. The van der Waals surface area contributed by atoms with Crippen LogP contribution in [0.4, 0.5) is 0 Å². The van der Waals surface area contributed by atoms with Gasteiger partial charge in [0.25, 0.3) is 0 Å². The minimum Gasteiger partial charge on any atom is -0.492 e. The first-order chi connectivity index (χ1) is 7.72. The first-order valence-electron chi connectivity index (χ1n) is 5.27. The van der Waals surface area contributed by atoms with Gasteiger partial charge in [-0.1, -0.05) is 17.7 Å². The highest BCUT2D eigenvalue weighted by atomic mass is 35.5. The van der Waals surface area contributed by atoms with E-state index < -0.39 is 0 Å². The predicted molar refractivity (Wildman–Crippen MR) is 62.1 cm³/mol. The van der Waals surface area contributed by atoms with Crippen molar-refractivity contribution in [3.05, 3.63) is 28.8 Å². The van der Waals surface area contributed by atoms with Crippen molar-refractivity contribution >= 4 is 11.6 Å². The topological polar surface area (TPSA) is 27.7 Å². The number of ether oxygens (including phenoxy) is 3. The van der Waals surface area contributed by atoms with E-state index in [9.17, 15) is 0 Å². The van der Waals surface area contributed by atoms with Crippen LogP contribution in [0, 0.1) is 0 Å². The van der Waals surface area contributed by atoms with Gasteiger partial charge in [0.05, 0.1) is 24.8 Å². The fourth-order valence-corrected chi connectivity index (χ4v) is 1.98. The molecule has 88 valence electrons. The molecule has 1 aliphatic rings. The summed E-state index contributed by atoms with van der Waals surface area (Å²) in [7, 11) is 1.69. The van der Waals surface area contributed by atoms with E-state index in [0.717, 1.165) is 5.56 Å². The van der Waals surface area contributed by atoms with E-state index >= 15 is 0 Å². The van der Waals surface area contributed by atoms with Gasteiger partial charge >= 0.3 is 0 Å². The molecule has 2 rings (SSSR count). The van der Waals surface area contributed by atoms with Crippen molar-refractivity contribution in [3.63, 3.8) is 0 Å². The van der Waals surface area contributed by atoms with Crippen molar-refractivity contribution in [2.24, 2.45) is 0 Å². The third kappa shape index (κ3) is 1.90. The molecule has 0 saturated carbocycles. The lowest BCUT2D eigenvalue weighted by atomic mass is 9.92. The smallest absolute Gasteiger partial charge is 0.139 e. The number of methoxy groups -OCH3 is 1. The second kappa shape index (κ2) is 4.62. The van der Waals surface area contributed by atoms with Crippen LogP contribution in [-0.4, -0.2) is 26.9 Å². The summed E-state index contributed by atoms with van der Waals surface area (Å²) in [4.78, 5) is 0. The highest BCUT2D eigenvalue weighted by Crippen LogP contribution is 2.36. The normalized spacial score (nSPS) is 17.9. The second-order valence-electron chi connectivity index (χ2n) is 3.77. The highest BCUT2D eigenvalue weighted by Gasteiger charge is 2.40. The van der Waals surface area contributed by atoms with Crippen molar-refractivity contribution in [3.8, 4) is 5.75 Å². The van der Waals surface area contributed by atoms with Gasteiger partial charge in [0.15, 0.2) is 0 Å². The van der Waals surface area contributed by atoms with E-state index in [1.807, 2.05) is 25.1 Å². The molecule has 0 aliphatic carbocycles. The third-order valence-electron chi connectivity index (χ3n) is 2.82. The van der Waals surface area contributed by atoms with Crippen LogP contribution >= 0.6 is 11.6 Å². The number of hydrogen-bond donors (Lipinski definition) is 0. The molecule has 1 aromatic rings. The highest BCUT2D eigenvalue weighted by molar-refractivity contribution is 6.32. The van der Waals surface area contributed by atoms with Crippen LogP contribution in [0.25, 0.3) is 0 Å². The average Bonchev–Trinajstić information content (AvgIpc) is 2.21. The van der Waals surface area contributed by atoms with Gasteiger partial charge in [0.1, 0.15) is 11.4 Å². The molecule has 0 amide bonds. The van der Waals surface area contributed by atoms with Crippen molar-refractivity contribution in [1.29, 1.82) is 0 Å². The number of hydrogen-bond acceptors (Lipinski definition) is 3. The fraction of sp³-hybridized carbons (Fsp3) is 0.500. The van der Waals surface area contributed by atoms with E-state index in [-0.39, 0.29) is 5.60 Å². The summed E-state index contributed by atoms with van der Waals surface area (Å²) >= 11 is 6.13. The Bertz CT molecular complexity index is 369. The Balaban J connectivity index is 2.26. The Kier molecular flexibility index (Phi) is 3.38. The largest absolute Gasteiger partial charge is 0.492 e. The molecular weight excluding hydrogens is 228 g/mol. The molecule has 0 unspecified atom stereocenters. The fourth-order valence-electron chi connectivity index (χ4n) is 1.75. The average molecular weight is 243 g/mol. The first-order valence-corrected chi connectivity index (χ1v) is 5.65. The molecule has 1 aromatic carbocycles. The van der Waals surface area contributed by atoms with E-state index in [1.54, 1.807) is 7.11 Å². The number of rotatable bonds is 4. The van der Waals surface area contributed by atoms with Gasteiger partial charge in [-0.2, -0.15) is 0 Å². The van der Waals surface area contributed by atoms with Crippen molar-refractivity contribution in [1.82, 2.24) is 0 Å². The third-order valence-corrected chi connectivity index (χ3v) is 3.11. The molecule has 0 spiro atoms. The monoisotopic (exact) mass is 242 g/mol. The Morgan fingerprint density at radius 3 is 2.62 bits per heavy atom. The lowest BCUT2D eigenvalue weighted by Crippen LogP contribution is -2.48. The first kappa shape index (κ1) is 11.7. The molecule has 0 aromatic heterocycles. The second-order valence-corrected chi connectivity index (χ2v) is 4.18. The summed E-state index contributed by atoms with van der Waals surface area (Å²) in [6.45, 7) is 3.69. The van der Waals surface area contributed by atoms with Gasteiger partial charge < -0.3 is 14.2 Å². The van der Waals surface area contributed by atoms with Crippen molar-refractivity contribution in [2.45, 2.75) is 12.5 Å². The molecule has 3 nitrogen and oxygen atoms in total. The maximum Gasteiger partial charge on any atom is 0.139 e. The quantitative estimate of drug-likeness (QED) is 0.812. The van der Waals surface area contributed by atoms with Crippen molar-refractivity contribution in [2.75, 3.05) is 26.9 Å². The molecule has 0 atom stereocenters. The molecule has 4 heteroatoms. The van der Waals surface area contributed by atoms with E-state index in [4.69, 9.17) is 25.8 Å². The standard InChI is InChI=1S/C12H15ClO3/c1-3-16-11-5-4-9(6-10(11)13)12(14-2)7-15-8-12/h4-6H,3,7-8H2,1-2H3. The van der Waals surface area contributed by atoms with Crippen LogP contribution in [0.5, 0.6) is 5.75 Å². The molecule has 1 saturated heterocycles. The van der Waals surface area contributed by atoms with Gasteiger partial charge in [-0.3, -0.25) is 0 Å². The lowest BCUT2D eigenvalue weighted by Gasteiger charge is -2.40. The SMILES string of the molecule is CCOc1ccc(C2(OC)COC2)cc1Cl. The molecule has 1 aliphatic heterocycles. The van der Waals surface area contributed by atoms with Gasteiger partial charge in [-0.05, 0) is 24.6 Å². The maximum absolute atomic E-state index is 6.13. The zero-order chi connectivity index (χ0) is 11.6. The van der Waals surface area contributed by atoms with Crippen LogP contribution in [0.15, 0.2) is 18.2 Å². The molecular formula is C12H15ClO3. The van der Waals surface area contributed by atoms with E-state index in [1.165, 1.54) is 0 Å². The Hall–Kier alpha value is -0.770. The molecule has 1 fully saturated rings. The van der Waals surface area contributed by atoms with Crippen LogP contribution in [-0.2, 0) is 15.1 Å². The van der Waals surface area contributed by atoms with E-state index in [2.05, 4.69) is 0 Å². The van der Waals surface area contributed by atoms with Gasteiger partial charge in [0.2, 0.25) is 0 Å². The molecule has 0 N–H and O–H groups in total. The number of halogens is 1. The summed E-state index contributed by atoms with van der Waals surface area (Å²) in [6.07, 6.45) is 0.